The van der Waals surface area contributed by atoms with Crippen LogP contribution >= 0.6 is 15.9 Å². The Morgan fingerprint density at radius 2 is 1.50 bits per heavy atom. The van der Waals surface area contributed by atoms with Crippen molar-refractivity contribution in [3.05, 3.63) is 28.7 Å². The van der Waals surface area contributed by atoms with Gasteiger partial charge in [0.25, 0.3) is 0 Å². The summed E-state index contributed by atoms with van der Waals surface area (Å²) in [6.07, 6.45) is 0. The molecular formula is C6H5Br2FMg. The minimum atomic E-state index is 0. The molecule has 0 spiro atoms. The van der Waals surface area contributed by atoms with Crippen molar-refractivity contribution in [3.8, 4) is 0 Å². The molecule has 0 N–H and O–H groups in total. The molecule has 0 aromatic heterocycles. The van der Waals surface area contributed by atoms with Crippen LogP contribution in [0.3, 0.4) is 0 Å². The van der Waals surface area contributed by atoms with Gasteiger partial charge in [0.15, 0.2) is 0 Å². The number of hydrogen-bond donors (Lipinski definition) is 0. The summed E-state index contributed by atoms with van der Waals surface area (Å²) in [5, 5.41) is 0. The van der Waals surface area contributed by atoms with Crippen molar-refractivity contribution in [2.45, 2.75) is 0 Å². The Bertz CT molecular complexity index is 155. The Morgan fingerprint density at radius 3 is 1.80 bits per heavy atom. The zero-order valence-corrected chi connectivity index (χ0v) is 9.77. The van der Waals surface area contributed by atoms with Crippen LogP contribution in [0.2, 0.25) is 0 Å². The molecule has 1 rings (SSSR count). The quantitative estimate of drug-likeness (QED) is 0.502. The molecule has 0 aliphatic heterocycles. The summed E-state index contributed by atoms with van der Waals surface area (Å²) in [6, 6.07) is 8.26. The topological polar surface area (TPSA) is 0 Å². The van der Waals surface area contributed by atoms with E-state index in [-0.39, 0.29) is 21.7 Å². The van der Waals surface area contributed by atoms with Crippen LogP contribution in [0.15, 0.2) is 28.7 Å². The molecule has 0 aliphatic carbocycles. The third-order valence-corrected chi connectivity index (χ3v) is 1.91. The first-order valence-corrected chi connectivity index (χ1v) is 3.86. The predicted molar refractivity (Wildman–Crippen MR) is 42.0 cm³/mol. The number of halogens is 3. The zero-order valence-electron chi connectivity index (χ0n) is 5.18. The Hall–Kier alpha value is 0.876. The van der Waals surface area contributed by atoms with Crippen LogP contribution in [0.25, 0.3) is 0 Å². The zero-order chi connectivity index (χ0) is 5.98. The fourth-order valence-electron chi connectivity index (χ4n) is 0.484. The van der Waals surface area contributed by atoms with Crippen molar-refractivity contribution in [1.82, 2.24) is 0 Å². The van der Waals surface area contributed by atoms with Crippen LogP contribution < -0.4 is 20.7 Å². The maximum atomic E-state index is 3.35. The fourth-order valence-corrected chi connectivity index (χ4v) is 0.984. The molecule has 0 bridgehead atoms. The molecule has 0 atom stereocenters. The van der Waals surface area contributed by atoms with E-state index in [4.69, 9.17) is 0 Å². The fraction of sp³-hybridized carbons (Fsp3) is 0. The van der Waals surface area contributed by atoms with Gasteiger partial charge in [0, 0.05) is 0 Å². The standard InChI is InChI=1S/C6H4Br.BrH.FH.Mg/c7-6-4-2-1-3-5-6;;;/h2-5H;2*1H;/q;;;+1/p-1. The van der Waals surface area contributed by atoms with Gasteiger partial charge in [0.2, 0.25) is 0 Å². The van der Waals surface area contributed by atoms with Crippen molar-refractivity contribution in [2.24, 2.45) is 0 Å². The summed E-state index contributed by atoms with van der Waals surface area (Å²) in [7, 11) is 0. The van der Waals surface area contributed by atoms with E-state index < -0.39 is 0 Å². The molecule has 1 aromatic rings. The van der Waals surface area contributed by atoms with Crippen molar-refractivity contribution >= 4 is 41.3 Å². The van der Waals surface area contributed by atoms with Gasteiger partial charge in [-0.25, -0.2) is 0 Å². The SMILES string of the molecule is F.[Br-].[Mg+][c]1ccc(Br)cc1. The summed E-state index contributed by atoms with van der Waals surface area (Å²) in [6.45, 7) is 0. The average molecular weight is 280 g/mol. The van der Waals surface area contributed by atoms with Crippen molar-refractivity contribution in [3.63, 3.8) is 0 Å². The predicted octanol–water partition coefficient (Wildman–Crippen LogP) is -1.60. The van der Waals surface area contributed by atoms with Crippen LogP contribution in [-0.4, -0.2) is 21.7 Å². The second kappa shape index (κ2) is 6.58. The molecular weight excluding hydrogens is 275 g/mol. The molecule has 0 amide bonds. The molecule has 0 nitrogen and oxygen atoms in total. The van der Waals surface area contributed by atoms with Crippen molar-refractivity contribution in [1.29, 1.82) is 0 Å². The molecule has 0 aliphatic rings. The van der Waals surface area contributed by atoms with Gasteiger partial charge in [-0.05, 0) is 0 Å². The number of rotatable bonds is 0. The van der Waals surface area contributed by atoms with Crippen LogP contribution in [-0.2, 0) is 0 Å². The van der Waals surface area contributed by atoms with E-state index in [1.165, 1.54) is 3.69 Å². The van der Waals surface area contributed by atoms with Crippen LogP contribution in [0, 0.1) is 0 Å². The van der Waals surface area contributed by atoms with Gasteiger partial charge >= 0.3 is 70.1 Å². The average Bonchev–Trinajstić information content (AvgIpc) is 1.77. The first-order valence-electron chi connectivity index (χ1n) is 2.36. The van der Waals surface area contributed by atoms with E-state index in [0.717, 1.165) is 4.47 Å². The first-order chi connectivity index (χ1) is 3.79. The Balaban J connectivity index is 0. The maximum absolute atomic E-state index is 3.35. The molecule has 0 fully saturated rings. The molecule has 0 heterocycles. The Labute approximate surface area is 91.1 Å². The third kappa shape index (κ3) is 4.65. The summed E-state index contributed by atoms with van der Waals surface area (Å²) >= 11 is 5.24. The van der Waals surface area contributed by atoms with Crippen molar-refractivity contribution in [2.75, 3.05) is 0 Å². The number of hydrogen-bond acceptors (Lipinski definition) is 0. The van der Waals surface area contributed by atoms with Crippen LogP contribution in [0.5, 0.6) is 0 Å². The Kier molecular flexibility index (Phi) is 8.86. The molecule has 1 aromatic carbocycles. The van der Waals surface area contributed by atoms with Gasteiger partial charge in [-0.15, -0.1) is 0 Å². The first kappa shape index (κ1) is 13.5. The van der Waals surface area contributed by atoms with Gasteiger partial charge < -0.3 is 17.0 Å². The second-order valence-electron chi connectivity index (χ2n) is 1.63. The molecule has 0 unspecified atom stereocenters. The van der Waals surface area contributed by atoms with E-state index >= 15 is 0 Å². The normalized spacial score (nSPS) is 7.50. The van der Waals surface area contributed by atoms with Gasteiger partial charge in [0.1, 0.15) is 0 Å². The van der Waals surface area contributed by atoms with Gasteiger partial charge in [-0.1, -0.05) is 0 Å². The van der Waals surface area contributed by atoms with Gasteiger partial charge in [0.05, 0.1) is 0 Å². The van der Waals surface area contributed by atoms with E-state index in [1.54, 1.807) is 0 Å². The van der Waals surface area contributed by atoms with Crippen LogP contribution in [0.4, 0.5) is 4.70 Å². The van der Waals surface area contributed by atoms with Gasteiger partial charge in [-0.2, -0.15) is 0 Å². The monoisotopic (exact) mass is 278 g/mol. The number of benzene rings is 1. The Morgan fingerprint density at radius 1 is 1.10 bits per heavy atom. The molecule has 0 radical (unpaired) electrons. The molecule has 4 heteroatoms. The molecule has 0 saturated carbocycles. The van der Waals surface area contributed by atoms with Crippen molar-refractivity contribution < 1.29 is 21.7 Å². The van der Waals surface area contributed by atoms with E-state index in [0.29, 0.717) is 0 Å². The summed E-state index contributed by atoms with van der Waals surface area (Å²) in [5.74, 6) is 0. The second-order valence-corrected chi connectivity index (χ2v) is 3.36. The minimum absolute atomic E-state index is 0. The summed E-state index contributed by atoms with van der Waals surface area (Å²) in [4.78, 5) is 0. The van der Waals surface area contributed by atoms with Crippen LogP contribution in [0.1, 0.15) is 0 Å². The summed E-state index contributed by atoms with van der Waals surface area (Å²) in [5.41, 5.74) is 0. The third-order valence-electron chi connectivity index (χ3n) is 0.913. The van der Waals surface area contributed by atoms with E-state index in [9.17, 15) is 0 Å². The van der Waals surface area contributed by atoms with E-state index in [2.05, 4.69) is 28.1 Å². The molecule has 52 valence electrons. The molecule has 10 heavy (non-hydrogen) atoms. The van der Waals surface area contributed by atoms with Gasteiger partial charge in [-0.3, -0.25) is 4.70 Å². The summed E-state index contributed by atoms with van der Waals surface area (Å²) < 4.78 is 2.47. The van der Waals surface area contributed by atoms with E-state index in [1.807, 2.05) is 33.8 Å². The molecule has 0 saturated heterocycles.